The zero-order valence-electron chi connectivity index (χ0n) is 10.2. The maximum atomic E-state index is 5.42. The molecule has 0 fully saturated rings. The van der Waals surface area contributed by atoms with Crippen LogP contribution in [0.2, 0.25) is 0 Å². The summed E-state index contributed by atoms with van der Waals surface area (Å²) in [5.41, 5.74) is 1.89. The van der Waals surface area contributed by atoms with Crippen LogP contribution in [0.25, 0.3) is 33.1 Å². The van der Waals surface area contributed by atoms with Crippen molar-refractivity contribution in [1.82, 2.24) is 4.98 Å². The van der Waals surface area contributed by atoms with Gasteiger partial charge in [-0.2, -0.15) is 0 Å². The molecule has 0 aliphatic heterocycles. The van der Waals surface area contributed by atoms with Gasteiger partial charge in [-0.15, -0.1) is 0 Å². The average Bonchev–Trinajstić information content (AvgIpc) is 3.01. The summed E-state index contributed by atoms with van der Waals surface area (Å²) >= 11 is 0. The quantitative estimate of drug-likeness (QED) is 0.456. The van der Waals surface area contributed by atoms with E-state index in [0.29, 0.717) is 0 Å². The third-order valence-corrected chi connectivity index (χ3v) is 3.36. The highest BCUT2D eigenvalue weighted by Gasteiger charge is 2.06. The zero-order valence-corrected chi connectivity index (χ0v) is 10.2. The Balaban J connectivity index is 2.09. The molecule has 0 radical (unpaired) electrons. The molecule has 0 saturated heterocycles. The van der Waals surface area contributed by atoms with Gasteiger partial charge in [-0.1, -0.05) is 42.5 Å². The fraction of sp³-hybridized carbons (Fsp3) is 0. The van der Waals surface area contributed by atoms with Gasteiger partial charge >= 0.3 is 0 Å². The largest absolute Gasteiger partial charge is 0.463 e. The van der Waals surface area contributed by atoms with Crippen LogP contribution in [-0.4, -0.2) is 4.98 Å². The Labute approximate surface area is 110 Å². The van der Waals surface area contributed by atoms with Crippen molar-refractivity contribution in [2.24, 2.45) is 0 Å². The monoisotopic (exact) mass is 245 g/mol. The molecule has 2 heteroatoms. The van der Waals surface area contributed by atoms with Crippen LogP contribution in [0.1, 0.15) is 0 Å². The van der Waals surface area contributed by atoms with E-state index < -0.39 is 0 Å². The van der Waals surface area contributed by atoms with Gasteiger partial charge in [-0.3, -0.25) is 0 Å². The predicted octanol–water partition coefficient (Wildman–Crippen LogP) is 4.65. The Hall–Kier alpha value is -2.61. The number of hydrogen-bond acceptors (Lipinski definition) is 2. The van der Waals surface area contributed by atoms with Crippen LogP contribution >= 0.6 is 0 Å². The van der Waals surface area contributed by atoms with Gasteiger partial charge in [0.15, 0.2) is 5.76 Å². The van der Waals surface area contributed by atoms with Gasteiger partial charge in [-0.05, 0) is 23.6 Å². The van der Waals surface area contributed by atoms with Gasteiger partial charge < -0.3 is 4.42 Å². The van der Waals surface area contributed by atoms with Crippen molar-refractivity contribution < 1.29 is 4.42 Å². The number of benzene rings is 2. The van der Waals surface area contributed by atoms with Crippen molar-refractivity contribution in [3.05, 3.63) is 66.9 Å². The number of aromatic nitrogens is 1. The molecule has 4 rings (SSSR count). The molecule has 0 aliphatic carbocycles. The van der Waals surface area contributed by atoms with Gasteiger partial charge in [0.05, 0.1) is 11.8 Å². The number of furan rings is 1. The zero-order chi connectivity index (χ0) is 12.7. The first-order valence-corrected chi connectivity index (χ1v) is 6.24. The van der Waals surface area contributed by atoms with Gasteiger partial charge in [0, 0.05) is 10.8 Å². The van der Waals surface area contributed by atoms with Crippen molar-refractivity contribution in [3.63, 3.8) is 0 Å². The number of hydrogen-bond donors (Lipinski definition) is 0. The van der Waals surface area contributed by atoms with Crippen LogP contribution in [0.5, 0.6) is 0 Å². The minimum atomic E-state index is 0.801. The first kappa shape index (κ1) is 10.3. The third-order valence-electron chi connectivity index (χ3n) is 3.36. The van der Waals surface area contributed by atoms with Crippen molar-refractivity contribution >= 4 is 21.7 Å². The lowest BCUT2D eigenvalue weighted by Crippen LogP contribution is -1.85. The number of rotatable bonds is 1. The van der Waals surface area contributed by atoms with E-state index in [9.17, 15) is 0 Å². The summed E-state index contributed by atoms with van der Waals surface area (Å²) in [5, 5.41) is 3.53. The van der Waals surface area contributed by atoms with Gasteiger partial charge in [0.1, 0.15) is 5.69 Å². The molecular formula is C17H11NO. The van der Waals surface area contributed by atoms with Crippen LogP contribution in [0, 0.1) is 0 Å². The summed E-state index contributed by atoms with van der Waals surface area (Å²) < 4.78 is 5.42. The van der Waals surface area contributed by atoms with E-state index >= 15 is 0 Å². The number of fused-ring (bicyclic) bond motifs is 3. The van der Waals surface area contributed by atoms with Crippen molar-refractivity contribution in [2.45, 2.75) is 0 Å². The molecule has 0 amide bonds. The second-order valence-electron chi connectivity index (χ2n) is 4.53. The normalized spacial score (nSPS) is 11.2. The Bertz CT molecular complexity index is 863. The van der Waals surface area contributed by atoms with Crippen LogP contribution < -0.4 is 0 Å². The van der Waals surface area contributed by atoms with Crippen LogP contribution in [0.3, 0.4) is 0 Å². The highest BCUT2D eigenvalue weighted by Crippen LogP contribution is 2.27. The molecule has 19 heavy (non-hydrogen) atoms. The topological polar surface area (TPSA) is 26.0 Å². The Morgan fingerprint density at radius 2 is 1.58 bits per heavy atom. The summed E-state index contributed by atoms with van der Waals surface area (Å²) in [7, 11) is 0. The van der Waals surface area contributed by atoms with Crippen molar-refractivity contribution in [1.29, 1.82) is 0 Å². The van der Waals surface area contributed by atoms with E-state index in [1.54, 1.807) is 6.26 Å². The molecule has 2 heterocycles. The lowest BCUT2D eigenvalue weighted by Gasteiger charge is -2.04. The number of pyridine rings is 1. The second kappa shape index (κ2) is 3.95. The van der Waals surface area contributed by atoms with Crippen LogP contribution in [0.4, 0.5) is 0 Å². The van der Waals surface area contributed by atoms with Gasteiger partial charge in [0.2, 0.25) is 0 Å². The lowest BCUT2D eigenvalue weighted by atomic mass is 10.1. The lowest BCUT2D eigenvalue weighted by molar-refractivity contribution is 0.580. The Morgan fingerprint density at radius 3 is 2.47 bits per heavy atom. The summed E-state index contributed by atoms with van der Waals surface area (Å²) in [6.45, 7) is 0. The summed E-state index contributed by atoms with van der Waals surface area (Å²) in [6, 6.07) is 20.4. The fourth-order valence-corrected chi connectivity index (χ4v) is 2.42. The van der Waals surface area contributed by atoms with Crippen LogP contribution in [0.15, 0.2) is 71.3 Å². The highest BCUT2D eigenvalue weighted by molar-refractivity contribution is 6.05. The van der Waals surface area contributed by atoms with Gasteiger partial charge in [0.25, 0.3) is 0 Å². The molecule has 0 saturated carbocycles. The van der Waals surface area contributed by atoms with E-state index in [2.05, 4.69) is 30.3 Å². The van der Waals surface area contributed by atoms with E-state index in [-0.39, 0.29) is 0 Å². The first-order valence-electron chi connectivity index (χ1n) is 6.24. The number of nitrogens with zero attached hydrogens (tertiary/aromatic N) is 1. The van der Waals surface area contributed by atoms with E-state index in [0.717, 1.165) is 22.4 Å². The molecule has 2 nitrogen and oxygen atoms in total. The molecule has 0 unspecified atom stereocenters. The predicted molar refractivity (Wildman–Crippen MR) is 77.0 cm³/mol. The van der Waals surface area contributed by atoms with Crippen LogP contribution in [-0.2, 0) is 0 Å². The highest BCUT2D eigenvalue weighted by atomic mass is 16.3. The molecule has 0 aliphatic rings. The van der Waals surface area contributed by atoms with E-state index in [1.165, 1.54) is 10.8 Å². The summed E-state index contributed by atoms with van der Waals surface area (Å²) in [5.74, 6) is 0.801. The van der Waals surface area contributed by atoms with Gasteiger partial charge in [-0.25, -0.2) is 4.98 Å². The maximum absolute atomic E-state index is 5.42. The smallest absolute Gasteiger partial charge is 0.152 e. The molecule has 2 aromatic heterocycles. The Morgan fingerprint density at radius 1 is 0.737 bits per heavy atom. The SMILES string of the molecule is c1coc(-c2ccc3ccc4ccccc4c3n2)c1. The first-order chi connectivity index (χ1) is 9.42. The summed E-state index contributed by atoms with van der Waals surface area (Å²) in [6.07, 6.45) is 1.67. The minimum Gasteiger partial charge on any atom is -0.463 e. The molecule has 90 valence electrons. The molecule has 0 N–H and O–H groups in total. The molecule has 0 bridgehead atoms. The minimum absolute atomic E-state index is 0.801. The molecule has 0 spiro atoms. The maximum Gasteiger partial charge on any atom is 0.152 e. The second-order valence-corrected chi connectivity index (χ2v) is 4.53. The molecule has 2 aromatic carbocycles. The fourth-order valence-electron chi connectivity index (χ4n) is 2.42. The Kier molecular flexibility index (Phi) is 2.15. The molecular weight excluding hydrogens is 234 g/mol. The standard InChI is InChI=1S/C17H11NO/c1-2-5-14-12(4-1)7-8-13-9-10-15(18-17(13)14)16-6-3-11-19-16/h1-11H. The van der Waals surface area contributed by atoms with Crippen molar-refractivity contribution in [3.8, 4) is 11.5 Å². The van der Waals surface area contributed by atoms with E-state index in [4.69, 9.17) is 9.40 Å². The average molecular weight is 245 g/mol. The van der Waals surface area contributed by atoms with Crippen molar-refractivity contribution in [2.75, 3.05) is 0 Å². The third kappa shape index (κ3) is 1.61. The molecule has 0 atom stereocenters. The summed E-state index contributed by atoms with van der Waals surface area (Å²) in [4.78, 5) is 4.75. The van der Waals surface area contributed by atoms with E-state index in [1.807, 2.05) is 30.3 Å². The molecule has 4 aromatic rings.